The maximum Gasteiger partial charge on any atom is 0.191 e. The zero-order chi connectivity index (χ0) is 18.4. The molecule has 6 nitrogen and oxygen atoms in total. The maximum absolute atomic E-state index is 10.7. The third-order valence-corrected chi connectivity index (χ3v) is 3.89. The van der Waals surface area contributed by atoms with Gasteiger partial charge in [0.2, 0.25) is 0 Å². The van der Waals surface area contributed by atoms with Gasteiger partial charge in [0.05, 0.1) is 18.4 Å². The summed E-state index contributed by atoms with van der Waals surface area (Å²) in [5.74, 6) is 1.59. The number of hydrogen-bond donors (Lipinski definition) is 3. The van der Waals surface area contributed by atoms with Gasteiger partial charge < -0.3 is 24.9 Å². The summed E-state index contributed by atoms with van der Waals surface area (Å²) in [7, 11) is 0. The van der Waals surface area contributed by atoms with Crippen molar-refractivity contribution in [3.63, 3.8) is 0 Å². The van der Waals surface area contributed by atoms with Crippen molar-refractivity contribution in [2.75, 3.05) is 26.2 Å². The van der Waals surface area contributed by atoms with Gasteiger partial charge in [-0.2, -0.15) is 0 Å². The Bertz CT molecular complexity index is 461. The van der Waals surface area contributed by atoms with E-state index in [2.05, 4.69) is 29.5 Å². The molecule has 0 saturated carbocycles. The Morgan fingerprint density at radius 2 is 1.96 bits per heavy atom. The Balaban J connectivity index is 0.00000625. The van der Waals surface area contributed by atoms with Crippen LogP contribution in [-0.4, -0.2) is 42.9 Å². The summed E-state index contributed by atoms with van der Waals surface area (Å²) in [4.78, 5) is 4.57. The standard InChI is InChI=1S/C19H35N3O3.HI/c1-4-10-19(23,11-5-2)16-22-18(20-6-3)21-12-8-13-24-15-17-9-7-14-25-17;/h7,9,14,23H,4-6,8,10-13,15-16H2,1-3H3,(H2,20,21,22);1H. The van der Waals surface area contributed by atoms with Crippen molar-refractivity contribution < 1.29 is 14.3 Å². The van der Waals surface area contributed by atoms with Gasteiger partial charge in [0.25, 0.3) is 0 Å². The largest absolute Gasteiger partial charge is 0.467 e. The van der Waals surface area contributed by atoms with Gasteiger partial charge in [0.15, 0.2) is 5.96 Å². The van der Waals surface area contributed by atoms with Crippen LogP contribution in [0.25, 0.3) is 0 Å². The van der Waals surface area contributed by atoms with Crippen molar-refractivity contribution in [2.45, 2.75) is 65.1 Å². The van der Waals surface area contributed by atoms with Crippen LogP contribution in [0.15, 0.2) is 27.8 Å². The lowest BCUT2D eigenvalue weighted by molar-refractivity contribution is 0.0306. The topological polar surface area (TPSA) is 79.0 Å². The number of nitrogens with zero attached hydrogens (tertiary/aromatic N) is 1. The fraction of sp³-hybridized carbons (Fsp3) is 0.737. The summed E-state index contributed by atoms with van der Waals surface area (Å²) >= 11 is 0. The molecule has 3 N–H and O–H groups in total. The molecule has 0 spiro atoms. The second-order valence-electron chi connectivity index (χ2n) is 6.33. The van der Waals surface area contributed by atoms with Crippen molar-refractivity contribution >= 4 is 29.9 Å². The molecule has 0 amide bonds. The van der Waals surface area contributed by atoms with Crippen molar-refractivity contribution in [1.29, 1.82) is 0 Å². The smallest absolute Gasteiger partial charge is 0.191 e. The normalized spacial score (nSPS) is 11.9. The monoisotopic (exact) mass is 481 g/mol. The van der Waals surface area contributed by atoms with Gasteiger partial charge in [-0.05, 0) is 38.3 Å². The third kappa shape index (κ3) is 11.0. The molecule has 0 unspecified atom stereocenters. The number of furan rings is 1. The molecular formula is C19H36IN3O3. The highest BCUT2D eigenvalue weighted by molar-refractivity contribution is 14.0. The lowest BCUT2D eigenvalue weighted by Crippen LogP contribution is -2.40. The molecule has 26 heavy (non-hydrogen) atoms. The molecule has 0 aliphatic heterocycles. The van der Waals surface area contributed by atoms with Gasteiger partial charge >= 0.3 is 0 Å². The van der Waals surface area contributed by atoms with Crippen LogP contribution in [0, 0.1) is 0 Å². The molecule has 0 atom stereocenters. The molecule has 1 heterocycles. The molecule has 0 aromatic carbocycles. The first-order valence-electron chi connectivity index (χ1n) is 9.48. The zero-order valence-corrected chi connectivity index (χ0v) is 18.8. The number of aliphatic hydroxyl groups is 1. The van der Waals surface area contributed by atoms with Crippen molar-refractivity contribution in [1.82, 2.24) is 10.6 Å². The van der Waals surface area contributed by atoms with Crippen LogP contribution in [0.1, 0.15) is 58.6 Å². The number of hydrogen-bond acceptors (Lipinski definition) is 4. The minimum atomic E-state index is -0.696. The summed E-state index contributed by atoms with van der Waals surface area (Å²) in [6.45, 7) is 9.37. The Hall–Kier alpha value is -0.800. The first kappa shape index (κ1) is 25.2. The van der Waals surface area contributed by atoms with Crippen LogP contribution < -0.4 is 10.6 Å². The SMILES string of the molecule is CCCC(O)(CCC)CN=C(NCC)NCCCOCc1ccco1.I. The summed E-state index contributed by atoms with van der Waals surface area (Å²) in [5, 5.41) is 17.2. The second kappa shape index (κ2) is 15.3. The van der Waals surface area contributed by atoms with E-state index in [1.165, 1.54) is 0 Å². The van der Waals surface area contributed by atoms with Crippen molar-refractivity contribution in [3.8, 4) is 0 Å². The van der Waals surface area contributed by atoms with E-state index in [1.54, 1.807) is 6.26 Å². The fourth-order valence-electron chi connectivity index (χ4n) is 2.73. The van der Waals surface area contributed by atoms with Gasteiger partial charge in [0, 0.05) is 19.7 Å². The molecule has 0 fully saturated rings. The van der Waals surface area contributed by atoms with Gasteiger partial charge in [-0.3, -0.25) is 4.99 Å². The number of rotatable bonds is 13. The van der Waals surface area contributed by atoms with Crippen LogP contribution in [0.4, 0.5) is 0 Å². The minimum Gasteiger partial charge on any atom is -0.467 e. The zero-order valence-electron chi connectivity index (χ0n) is 16.4. The fourth-order valence-corrected chi connectivity index (χ4v) is 2.73. The maximum atomic E-state index is 10.7. The van der Waals surface area contributed by atoms with E-state index in [9.17, 15) is 5.11 Å². The van der Waals surface area contributed by atoms with Gasteiger partial charge in [0.1, 0.15) is 12.4 Å². The van der Waals surface area contributed by atoms with Crippen LogP contribution in [-0.2, 0) is 11.3 Å². The highest BCUT2D eigenvalue weighted by atomic mass is 127. The van der Waals surface area contributed by atoms with Crippen LogP contribution in [0.5, 0.6) is 0 Å². The summed E-state index contributed by atoms with van der Waals surface area (Å²) in [5.41, 5.74) is -0.696. The number of halogens is 1. The Kier molecular flexibility index (Phi) is 14.8. The van der Waals surface area contributed by atoms with E-state index in [0.29, 0.717) is 19.8 Å². The number of guanidine groups is 1. The molecule has 0 bridgehead atoms. The number of nitrogens with one attached hydrogen (secondary N) is 2. The molecule has 0 aliphatic carbocycles. The van der Waals surface area contributed by atoms with E-state index in [0.717, 1.165) is 56.9 Å². The van der Waals surface area contributed by atoms with Crippen molar-refractivity contribution in [3.05, 3.63) is 24.2 Å². The summed E-state index contributed by atoms with van der Waals surface area (Å²) < 4.78 is 10.8. The number of ether oxygens (including phenoxy) is 1. The Morgan fingerprint density at radius 3 is 2.54 bits per heavy atom. The van der Waals surface area contributed by atoms with Gasteiger partial charge in [-0.1, -0.05) is 26.7 Å². The third-order valence-electron chi connectivity index (χ3n) is 3.89. The molecule has 7 heteroatoms. The molecular weight excluding hydrogens is 445 g/mol. The number of aliphatic imine (C=N–C) groups is 1. The lowest BCUT2D eigenvalue weighted by atomic mass is 9.93. The average Bonchev–Trinajstić information content (AvgIpc) is 3.09. The lowest BCUT2D eigenvalue weighted by Gasteiger charge is -2.26. The molecule has 0 saturated heterocycles. The van der Waals surface area contributed by atoms with E-state index >= 15 is 0 Å². The summed E-state index contributed by atoms with van der Waals surface area (Å²) in [6, 6.07) is 3.76. The molecule has 1 rings (SSSR count). The van der Waals surface area contributed by atoms with Crippen LogP contribution >= 0.6 is 24.0 Å². The first-order valence-corrected chi connectivity index (χ1v) is 9.48. The predicted molar refractivity (Wildman–Crippen MR) is 117 cm³/mol. The quantitative estimate of drug-likeness (QED) is 0.173. The van der Waals surface area contributed by atoms with E-state index < -0.39 is 5.60 Å². The minimum absolute atomic E-state index is 0. The van der Waals surface area contributed by atoms with E-state index in [4.69, 9.17) is 9.15 Å². The predicted octanol–water partition coefficient (Wildman–Crippen LogP) is 3.69. The molecule has 1 aromatic heterocycles. The summed E-state index contributed by atoms with van der Waals surface area (Å²) in [6.07, 6.45) is 6.01. The molecule has 1 aromatic rings. The van der Waals surface area contributed by atoms with E-state index in [-0.39, 0.29) is 24.0 Å². The average molecular weight is 481 g/mol. The second-order valence-corrected chi connectivity index (χ2v) is 6.33. The molecule has 152 valence electrons. The molecule has 0 radical (unpaired) electrons. The first-order chi connectivity index (χ1) is 12.1. The van der Waals surface area contributed by atoms with E-state index in [1.807, 2.05) is 19.1 Å². The Morgan fingerprint density at radius 1 is 1.23 bits per heavy atom. The van der Waals surface area contributed by atoms with Gasteiger partial charge in [-0.15, -0.1) is 24.0 Å². The highest BCUT2D eigenvalue weighted by Gasteiger charge is 2.24. The van der Waals surface area contributed by atoms with Crippen molar-refractivity contribution in [2.24, 2.45) is 4.99 Å². The van der Waals surface area contributed by atoms with Crippen LogP contribution in [0.3, 0.4) is 0 Å². The Labute approximate surface area is 175 Å². The molecule has 0 aliphatic rings. The van der Waals surface area contributed by atoms with Gasteiger partial charge in [-0.25, -0.2) is 0 Å². The van der Waals surface area contributed by atoms with Crippen LogP contribution in [0.2, 0.25) is 0 Å². The highest BCUT2D eigenvalue weighted by Crippen LogP contribution is 2.19.